The van der Waals surface area contributed by atoms with Crippen LogP contribution in [0.1, 0.15) is 45.4 Å². The lowest BCUT2D eigenvalue weighted by atomic mass is 10.1. The van der Waals surface area contributed by atoms with Crippen molar-refractivity contribution < 1.29 is 14.4 Å². The molecular formula is C11H21N3O3. The lowest BCUT2D eigenvalue weighted by Gasteiger charge is -2.14. The van der Waals surface area contributed by atoms with Crippen LogP contribution >= 0.6 is 0 Å². The molecule has 0 saturated heterocycles. The maximum atomic E-state index is 11.4. The Morgan fingerprint density at radius 3 is 2.24 bits per heavy atom. The van der Waals surface area contributed by atoms with Gasteiger partial charge in [0.1, 0.15) is 6.04 Å². The molecule has 0 fully saturated rings. The van der Waals surface area contributed by atoms with E-state index in [0.29, 0.717) is 6.42 Å². The number of nitrogens with two attached hydrogens (primary N) is 2. The Morgan fingerprint density at radius 2 is 1.76 bits per heavy atom. The fourth-order valence-electron chi connectivity index (χ4n) is 1.37. The van der Waals surface area contributed by atoms with Gasteiger partial charge in [0.05, 0.1) is 0 Å². The molecule has 1 atom stereocenters. The van der Waals surface area contributed by atoms with Gasteiger partial charge in [0, 0.05) is 12.8 Å². The highest BCUT2D eigenvalue weighted by atomic mass is 16.2. The number of hydrogen-bond acceptors (Lipinski definition) is 3. The van der Waals surface area contributed by atoms with Gasteiger partial charge in [0.2, 0.25) is 17.7 Å². The average Bonchev–Trinajstić information content (AvgIpc) is 2.23. The molecule has 5 N–H and O–H groups in total. The Kier molecular flexibility index (Phi) is 7.75. The second-order valence-electron chi connectivity index (χ2n) is 3.98. The van der Waals surface area contributed by atoms with E-state index in [0.717, 1.165) is 19.3 Å². The minimum Gasteiger partial charge on any atom is -0.370 e. The first-order chi connectivity index (χ1) is 7.97. The summed E-state index contributed by atoms with van der Waals surface area (Å²) in [7, 11) is 0. The predicted molar refractivity (Wildman–Crippen MR) is 63.7 cm³/mol. The third kappa shape index (κ3) is 8.24. The Balaban J connectivity index is 4.02. The Labute approximate surface area is 101 Å². The number of nitrogens with one attached hydrogen (secondary N) is 1. The number of unbranched alkanes of at least 4 members (excludes halogenated alkanes) is 2. The van der Waals surface area contributed by atoms with Gasteiger partial charge < -0.3 is 16.8 Å². The number of carbonyl (C=O) groups excluding carboxylic acids is 3. The van der Waals surface area contributed by atoms with Crippen LogP contribution in [0.3, 0.4) is 0 Å². The minimum atomic E-state index is -0.809. The maximum absolute atomic E-state index is 11.4. The average molecular weight is 243 g/mol. The van der Waals surface area contributed by atoms with Crippen molar-refractivity contribution >= 4 is 17.7 Å². The predicted octanol–water partition coefficient (Wildman–Crippen LogP) is -0.198. The van der Waals surface area contributed by atoms with E-state index in [4.69, 9.17) is 11.5 Å². The number of carbonyl (C=O) groups is 3. The van der Waals surface area contributed by atoms with Crippen molar-refractivity contribution in [3.05, 3.63) is 0 Å². The molecule has 0 aromatic rings. The van der Waals surface area contributed by atoms with Crippen molar-refractivity contribution in [1.82, 2.24) is 5.32 Å². The van der Waals surface area contributed by atoms with Gasteiger partial charge in [-0.15, -0.1) is 0 Å². The molecule has 0 aromatic heterocycles. The summed E-state index contributed by atoms with van der Waals surface area (Å²) in [5.74, 6) is -1.38. The van der Waals surface area contributed by atoms with Gasteiger partial charge in [0.25, 0.3) is 0 Å². The van der Waals surface area contributed by atoms with E-state index in [-0.39, 0.29) is 18.7 Å². The first-order valence-corrected chi connectivity index (χ1v) is 5.84. The monoisotopic (exact) mass is 243 g/mol. The van der Waals surface area contributed by atoms with Crippen molar-refractivity contribution in [2.24, 2.45) is 11.5 Å². The van der Waals surface area contributed by atoms with Crippen molar-refractivity contribution in [3.63, 3.8) is 0 Å². The zero-order valence-corrected chi connectivity index (χ0v) is 10.2. The van der Waals surface area contributed by atoms with Crippen molar-refractivity contribution in [1.29, 1.82) is 0 Å². The number of primary amides is 2. The molecule has 0 saturated carbocycles. The molecule has 6 nitrogen and oxygen atoms in total. The highest BCUT2D eigenvalue weighted by molar-refractivity contribution is 5.87. The molecule has 6 heteroatoms. The Hall–Kier alpha value is -1.59. The highest BCUT2D eigenvalue weighted by Gasteiger charge is 2.18. The molecule has 0 spiro atoms. The summed E-state index contributed by atoms with van der Waals surface area (Å²) in [6, 6.07) is -0.809. The van der Waals surface area contributed by atoms with E-state index < -0.39 is 17.9 Å². The molecule has 0 heterocycles. The molecule has 0 bridgehead atoms. The Bertz CT molecular complexity index is 279. The molecule has 3 amide bonds. The normalized spacial score (nSPS) is 11.8. The van der Waals surface area contributed by atoms with Gasteiger partial charge in [0.15, 0.2) is 0 Å². The quantitative estimate of drug-likeness (QED) is 0.487. The van der Waals surface area contributed by atoms with E-state index >= 15 is 0 Å². The van der Waals surface area contributed by atoms with Gasteiger partial charge >= 0.3 is 0 Å². The number of hydrogen-bond donors (Lipinski definition) is 3. The van der Waals surface area contributed by atoms with E-state index in [1.807, 2.05) is 6.92 Å². The molecule has 0 aliphatic rings. The zero-order chi connectivity index (χ0) is 13.3. The van der Waals surface area contributed by atoms with Crippen LogP contribution in [-0.4, -0.2) is 23.8 Å². The summed E-state index contributed by atoms with van der Waals surface area (Å²) in [5, 5.41) is 2.51. The molecule has 0 rings (SSSR count). The standard InChI is InChI=1S/C11H21N3O3/c1-2-3-4-5-10(16)14-8(11(13)17)6-7-9(12)15/h8H,2-7H2,1H3,(H2,12,15)(H2,13,17)(H,14,16)/t8-/m0/s1. The van der Waals surface area contributed by atoms with Gasteiger partial charge in [-0.2, -0.15) is 0 Å². The van der Waals surface area contributed by atoms with Crippen LogP contribution < -0.4 is 16.8 Å². The van der Waals surface area contributed by atoms with Crippen molar-refractivity contribution in [3.8, 4) is 0 Å². The van der Waals surface area contributed by atoms with E-state index in [9.17, 15) is 14.4 Å². The number of rotatable bonds is 9. The number of amides is 3. The second-order valence-corrected chi connectivity index (χ2v) is 3.98. The fourth-order valence-corrected chi connectivity index (χ4v) is 1.37. The van der Waals surface area contributed by atoms with Gasteiger partial charge in [-0.05, 0) is 12.8 Å². The van der Waals surface area contributed by atoms with E-state index in [1.54, 1.807) is 0 Å². The molecule has 98 valence electrons. The maximum Gasteiger partial charge on any atom is 0.240 e. The first kappa shape index (κ1) is 15.4. The van der Waals surface area contributed by atoms with Crippen LogP contribution in [0.25, 0.3) is 0 Å². The van der Waals surface area contributed by atoms with Gasteiger partial charge in [-0.3, -0.25) is 14.4 Å². The van der Waals surface area contributed by atoms with Crippen LogP contribution in [-0.2, 0) is 14.4 Å². The molecular weight excluding hydrogens is 222 g/mol. The highest BCUT2D eigenvalue weighted by Crippen LogP contribution is 2.01. The van der Waals surface area contributed by atoms with Crippen LogP contribution in [0.15, 0.2) is 0 Å². The molecule has 0 aliphatic heterocycles. The summed E-state index contributed by atoms with van der Waals surface area (Å²) >= 11 is 0. The second kappa shape index (κ2) is 8.55. The summed E-state index contributed by atoms with van der Waals surface area (Å²) < 4.78 is 0. The smallest absolute Gasteiger partial charge is 0.240 e. The van der Waals surface area contributed by atoms with Crippen molar-refractivity contribution in [2.75, 3.05) is 0 Å². The van der Waals surface area contributed by atoms with E-state index in [2.05, 4.69) is 5.32 Å². The third-order valence-electron chi connectivity index (χ3n) is 2.37. The van der Waals surface area contributed by atoms with Crippen molar-refractivity contribution in [2.45, 2.75) is 51.5 Å². The lowest BCUT2D eigenvalue weighted by molar-refractivity contribution is -0.128. The Morgan fingerprint density at radius 1 is 1.12 bits per heavy atom. The summed E-state index contributed by atoms with van der Waals surface area (Å²) in [4.78, 5) is 33.1. The summed E-state index contributed by atoms with van der Waals surface area (Å²) in [5.41, 5.74) is 10.1. The van der Waals surface area contributed by atoms with Crippen LogP contribution in [0, 0.1) is 0 Å². The van der Waals surface area contributed by atoms with Crippen LogP contribution in [0.4, 0.5) is 0 Å². The van der Waals surface area contributed by atoms with Gasteiger partial charge in [-0.1, -0.05) is 19.8 Å². The largest absolute Gasteiger partial charge is 0.370 e. The lowest BCUT2D eigenvalue weighted by Crippen LogP contribution is -2.44. The summed E-state index contributed by atoms with van der Waals surface area (Å²) in [6.07, 6.45) is 3.33. The van der Waals surface area contributed by atoms with Crippen LogP contribution in [0.2, 0.25) is 0 Å². The zero-order valence-electron chi connectivity index (χ0n) is 10.2. The van der Waals surface area contributed by atoms with Gasteiger partial charge in [-0.25, -0.2) is 0 Å². The SMILES string of the molecule is CCCCCC(=O)N[C@@H](CCC(N)=O)C(N)=O. The molecule has 0 aliphatic carbocycles. The molecule has 0 aromatic carbocycles. The molecule has 0 radical (unpaired) electrons. The van der Waals surface area contributed by atoms with E-state index in [1.165, 1.54) is 0 Å². The van der Waals surface area contributed by atoms with Crippen LogP contribution in [0.5, 0.6) is 0 Å². The third-order valence-corrected chi connectivity index (χ3v) is 2.37. The summed E-state index contributed by atoms with van der Waals surface area (Å²) in [6.45, 7) is 2.04. The molecule has 17 heavy (non-hydrogen) atoms. The molecule has 0 unspecified atom stereocenters. The minimum absolute atomic E-state index is 0.0306. The topological polar surface area (TPSA) is 115 Å². The first-order valence-electron chi connectivity index (χ1n) is 5.84. The fraction of sp³-hybridized carbons (Fsp3) is 0.727.